The number of hydrogen-bond donors (Lipinski definition) is 1. The predicted molar refractivity (Wildman–Crippen MR) is 82.2 cm³/mol. The third-order valence-corrected chi connectivity index (χ3v) is 3.64. The Balaban J connectivity index is 1.78. The van der Waals surface area contributed by atoms with E-state index in [0.29, 0.717) is 12.6 Å². The molecule has 0 saturated heterocycles. The van der Waals surface area contributed by atoms with E-state index >= 15 is 0 Å². The second kappa shape index (κ2) is 6.50. The van der Waals surface area contributed by atoms with E-state index in [1.54, 1.807) is 0 Å². The zero-order chi connectivity index (χ0) is 15.5. The third-order valence-electron chi connectivity index (χ3n) is 3.64. The van der Waals surface area contributed by atoms with Crippen molar-refractivity contribution in [2.24, 2.45) is 5.92 Å². The van der Waals surface area contributed by atoms with Crippen LogP contribution in [0.5, 0.6) is 0 Å². The zero-order valence-corrected chi connectivity index (χ0v) is 13.6. The summed E-state index contributed by atoms with van der Waals surface area (Å²) in [6.07, 6.45) is 8.16. The van der Waals surface area contributed by atoms with E-state index in [1.807, 2.05) is 33.3 Å². The molecular formula is C16H27N3O2. The van der Waals surface area contributed by atoms with Gasteiger partial charge in [-0.25, -0.2) is 9.78 Å². The van der Waals surface area contributed by atoms with Crippen LogP contribution >= 0.6 is 0 Å². The number of alkyl carbamates (subject to hydrolysis) is 1. The first kappa shape index (κ1) is 15.9. The first-order valence-electron chi connectivity index (χ1n) is 7.82. The summed E-state index contributed by atoms with van der Waals surface area (Å²) in [5, 5.41) is 2.79. The average Bonchev–Trinajstić information content (AvgIpc) is 3.03. The molecule has 0 radical (unpaired) electrons. The van der Waals surface area contributed by atoms with E-state index in [4.69, 9.17) is 4.74 Å². The summed E-state index contributed by atoms with van der Waals surface area (Å²) in [5.74, 6) is 0.898. The van der Waals surface area contributed by atoms with Crippen LogP contribution in [0.3, 0.4) is 0 Å². The van der Waals surface area contributed by atoms with Gasteiger partial charge in [0.25, 0.3) is 0 Å². The summed E-state index contributed by atoms with van der Waals surface area (Å²) in [7, 11) is 0. The molecule has 1 aromatic rings. The Morgan fingerprint density at radius 2 is 2.24 bits per heavy atom. The van der Waals surface area contributed by atoms with E-state index < -0.39 is 5.60 Å². The minimum absolute atomic E-state index is 0.361. The smallest absolute Gasteiger partial charge is 0.407 e. The molecule has 1 saturated carbocycles. The van der Waals surface area contributed by atoms with Crippen LogP contribution in [0.15, 0.2) is 12.5 Å². The molecule has 1 aromatic heterocycles. The average molecular weight is 293 g/mol. The molecule has 0 spiro atoms. The van der Waals surface area contributed by atoms with Gasteiger partial charge in [0.1, 0.15) is 5.60 Å². The van der Waals surface area contributed by atoms with Crippen LogP contribution in [0.2, 0.25) is 0 Å². The molecule has 1 N–H and O–H groups in total. The highest BCUT2D eigenvalue weighted by molar-refractivity contribution is 5.67. The fourth-order valence-corrected chi connectivity index (χ4v) is 2.48. The number of carbonyl (C=O) groups excluding carboxylic acids is 1. The lowest BCUT2D eigenvalue weighted by molar-refractivity contribution is 0.0528. The zero-order valence-electron chi connectivity index (χ0n) is 13.6. The number of carbonyl (C=O) groups is 1. The van der Waals surface area contributed by atoms with Crippen molar-refractivity contribution in [3.8, 4) is 0 Å². The monoisotopic (exact) mass is 293 g/mol. The van der Waals surface area contributed by atoms with Gasteiger partial charge in [-0.05, 0) is 40.0 Å². The summed E-state index contributed by atoms with van der Waals surface area (Å²) in [5.41, 5.74) is 0.712. The van der Waals surface area contributed by atoms with Crippen molar-refractivity contribution in [3.05, 3.63) is 18.2 Å². The minimum atomic E-state index is -0.454. The number of aromatic nitrogens is 2. The van der Waals surface area contributed by atoms with Gasteiger partial charge in [-0.2, -0.15) is 0 Å². The van der Waals surface area contributed by atoms with Gasteiger partial charge in [-0.3, -0.25) is 0 Å². The van der Waals surface area contributed by atoms with Crippen LogP contribution in [0.4, 0.5) is 4.79 Å². The number of ether oxygens (including phenoxy) is 1. The summed E-state index contributed by atoms with van der Waals surface area (Å²) >= 11 is 0. The van der Waals surface area contributed by atoms with Crippen LogP contribution in [-0.2, 0) is 11.2 Å². The van der Waals surface area contributed by atoms with Crippen LogP contribution in [0.1, 0.15) is 58.7 Å². The maximum Gasteiger partial charge on any atom is 0.407 e. The number of amides is 1. The van der Waals surface area contributed by atoms with Crippen molar-refractivity contribution in [3.63, 3.8) is 0 Å². The lowest BCUT2D eigenvalue weighted by Gasteiger charge is -2.20. The molecule has 1 fully saturated rings. The molecule has 1 atom stereocenters. The third kappa shape index (κ3) is 5.40. The van der Waals surface area contributed by atoms with Crippen LogP contribution < -0.4 is 5.32 Å². The van der Waals surface area contributed by atoms with Crippen molar-refractivity contribution >= 4 is 6.09 Å². The molecule has 0 aliphatic heterocycles. The summed E-state index contributed by atoms with van der Waals surface area (Å²) in [4.78, 5) is 15.9. The Morgan fingerprint density at radius 1 is 1.52 bits per heavy atom. The van der Waals surface area contributed by atoms with Gasteiger partial charge >= 0.3 is 6.09 Å². The number of nitrogens with zero attached hydrogens (tertiary/aromatic N) is 2. The SMILES string of the molecule is CC(CC1CC1)n1cncc1CCNC(=O)OC(C)(C)C. The molecule has 5 nitrogen and oxygen atoms in total. The number of hydrogen-bond acceptors (Lipinski definition) is 3. The first-order valence-corrected chi connectivity index (χ1v) is 7.82. The fourth-order valence-electron chi connectivity index (χ4n) is 2.48. The normalized spacial score (nSPS) is 16.6. The Morgan fingerprint density at radius 3 is 2.86 bits per heavy atom. The molecule has 5 heteroatoms. The van der Waals surface area contributed by atoms with E-state index in [2.05, 4.69) is 21.8 Å². The van der Waals surface area contributed by atoms with Gasteiger partial charge in [-0.15, -0.1) is 0 Å². The van der Waals surface area contributed by atoms with E-state index in [0.717, 1.165) is 12.3 Å². The Bertz CT molecular complexity index is 472. The summed E-state index contributed by atoms with van der Waals surface area (Å²) in [6.45, 7) is 8.39. The lowest BCUT2D eigenvalue weighted by atomic mass is 10.1. The Hall–Kier alpha value is -1.52. The largest absolute Gasteiger partial charge is 0.444 e. The van der Waals surface area contributed by atoms with Crippen molar-refractivity contribution in [2.75, 3.05) is 6.54 Å². The van der Waals surface area contributed by atoms with Crippen molar-refractivity contribution < 1.29 is 9.53 Å². The van der Waals surface area contributed by atoms with Gasteiger partial charge in [0.2, 0.25) is 0 Å². The topological polar surface area (TPSA) is 56.2 Å². The molecular weight excluding hydrogens is 266 g/mol. The molecule has 0 aromatic carbocycles. The molecule has 0 bridgehead atoms. The molecule has 1 amide bonds. The van der Waals surface area contributed by atoms with E-state index in [-0.39, 0.29) is 6.09 Å². The highest BCUT2D eigenvalue weighted by Crippen LogP contribution is 2.36. The highest BCUT2D eigenvalue weighted by Gasteiger charge is 2.24. The second-order valence-electron chi connectivity index (χ2n) is 7.00. The van der Waals surface area contributed by atoms with Crippen LogP contribution in [0, 0.1) is 5.92 Å². The maximum atomic E-state index is 11.6. The number of rotatable bonds is 6. The Kier molecular flexibility index (Phi) is 4.91. The van der Waals surface area contributed by atoms with Crippen molar-refractivity contribution in [1.29, 1.82) is 0 Å². The Labute approximate surface area is 127 Å². The fraction of sp³-hybridized carbons (Fsp3) is 0.750. The van der Waals surface area contributed by atoms with Crippen LogP contribution in [0.25, 0.3) is 0 Å². The van der Waals surface area contributed by atoms with E-state index in [1.165, 1.54) is 25.0 Å². The van der Waals surface area contributed by atoms with Gasteiger partial charge in [-0.1, -0.05) is 12.8 Å². The lowest BCUT2D eigenvalue weighted by Crippen LogP contribution is -2.33. The second-order valence-corrected chi connectivity index (χ2v) is 7.00. The van der Waals surface area contributed by atoms with Crippen LogP contribution in [-0.4, -0.2) is 27.8 Å². The highest BCUT2D eigenvalue weighted by atomic mass is 16.6. The molecule has 21 heavy (non-hydrogen) atoms. The number of nitrogens with one attached hydrogen (secondary N) is 1. The molecule has 118 valence electrons. The number of imidazole rings is 1. The van der Waals surface area contributed by atoms with E-state index in [9.17, 15) is 4.79 Å². The summed E-state index contributed by atoms with van der Waals surface area (Å²) in [6, 6.07) is 0.483. The summed E-state index contributed by atoms with van der Waals surface area (Å²) < 4.78 is 7.45. The first-order chi connectivity index (χ1) is 9.85. The minimum Gasteiger partial charge on any atom is -0.444 e. The van der Waals surface area contributed by atoms with Gasteiger partial charge in [0.15, 0.2) is 0 Å². The standard InChI is InChI=1S/C16H27N3O2/c1-12(9-13-5-6-13)19-11-17-10-14(19)7-8-18-15(20)21-16(2,3)4/h10-13H,5-9H2,1-4H3,(H,18,20). The van der Waals surface area contributed by atoms with Gasteiger partial charge in [0, 0.05) is 30.9 Å². The molecule has 1 heterocycles. The van der Waals surface area contributed by atoms with Crippen molar-refractivity contribution in [2.45, 2.75) is 65.0 Å². The maximum absolute atomic E-state index is 11.6. The quantitative estimate of drug-likeness (QED) is 0.875. The predicted octanol–water partition coefficient (Wildman–Crippen LogP) is 3.31. The van der Waals surface area contributed by atoms with Gasteiger partial charge < -0.3 is 14.6 Å². The van der Waals surface area contributed by atoms with Crippen molar-refractivity contribution in [1.82, 2.24) is 14.9 Å². The molecule has 2 rings (SSSR count). The van der Waals surface area contributed by atoms with Gasteiger partial charge in [0.05, 0.1) is 6.33 Å². The molecule has 1 aliphatic rings. The molecule has 1 aliphatic carbocycles. The molecule has 1 unspecified atom stereocenters.